The molecule has 5 heterocycles. The SMILES string of the molecule is C=Cc1c(C)c2cc3nc(c4c5[n-]c(cc6nc(cc1[n-]2)C(C)=C6CC)c(C)c5C(=O)[C@@H]4C(=O)OC)C(/C=C/C(=O)OC/C=C(\C)[13CH2]CCC(C)[13CH2]CCC(C)[13CH2]CCC(C)[13CH3])=C3C.[Mg+2]. The Kier molecular flexibility index (Phi) is 17.8. The molecule has 10 heteroatoms. The van der Waals surface area contributed by atoms with Crippen LogP contribution < -0.4 is 9.97 Å². The fraction of sp³-hybridized carbons (Fsp3) is 0.473. The minimum atomic E-state index is -1.29. The smallest absolute Gasteiger partial charge is 0.657 e. The first-order valence-electron chi connectivity index (χ1n) is 23.4. The molecule has 0 saturated heterocycles. The summed E-state index contributed by atoms with van der Waals surface area (Å²) in [6.07, 6.45) is 18.7. The summed E-state index contributed by atoms with van der Waals surface area (Å²) in [7, 11) is 1.27. The minimum Gasteiger partial charge on any atom is -0.657 e. The number of carbonyl (C=O) groups excluding carboxylic acids is 3. The van der Waals surface area contributed by atoms with E-state index in [1.165, 1.54) is 63.7 Å². The molecule has 3 unspecified atom stereocenters. The molecule has 0 spiro atoms. The second-order valence-electron chi connectivity index (χ2n) is 18.7. The first-order chi connectivity index (χ1) is 30.6. The van der Waals surface area contributed by atoms with Crippen molar-refractivity contribution in [3.63, 3.8) is 0 Å². The fourth-order valence-corrected chi connectivity index (χ4v) is 9.45. The Hall–Kier alpha value is -4.80. The van der Waals surface area contributed by atoms with Crippen LogP contribution in [-0.4, -0.2) is 64.5 Å². The van der Waals surface area contributed by atoms with E-state index in [0.717, 1.165) is 75.8 Å². The maximum absolute atomic E-state index is 14.3. The van der Waals surface area contributed by atoms with Gasteiger partial charge in [-0.05, 0) is 112 Å². The fourth-order valence-electron chi connectivity index (χ4n) is 9.45. The van der Waals surface area contributed by atoms with Crippen molar-refractivity contribution >= 4 is 91.2 Å². The molecule has 1 aliphatic carbocycles. The Balaban J connectivity index is 0.00000793. The molecule has 0 aromatic carbocycles. The first-order valence-corrected chi connectivity index (χ1v) is 23.4. The average molecular weight is 893 g/mol. The molecular weight excluding hydrogens is 825 g/mol. The molecule has 65 heavy (non-hydrogen) atoms. The number of hydrogen-bond acceptors (Lipinski definition) is 7. The molecule has 3 aromatic heterocycles. The first kappa shape index (κ1) is 51.2. The molecule has 0 radical (unpaired) electrons. The zero-order chi connectivity index (χ0) is 46.4. The number of hydrogen-bond donors (Lipinski definition) is 0. The van der Waals surface area contributed by atoms with E-state index in [4.69, 9.17) is 29.4 Å². The molecule has 3 aromatic rings. The van der Waals surface area contributed by atoms with Gasteiger partial charge >= 0.3 is 35.0 Å². The number of Topliss-reactive ketones (excluding diaryl/α,β-unsaturated/α-hetero) is 1. The third-order valence-corrected chi connectivity index (χ3v) is 13.5. The molecule has 2 aliphatic heterocycles. The summed E-state index contributed by atoms with van der Waals surface area (Å²) >= 11 is 0. The summed E-state index contributed by atoms with van der Waals surface area (Å²) in [6.45, 7) is 25.6. The molecular formula is C55H68MgN4O5. The zero-order valence-electron chi connectivity index (χ0n) is 40.9. The number of aryl methyl sites for hydroxylation is 2. The molecule has 0 N–H and O–H groups in total. The number of fused-ring (bicyclic) bond motifs is 8. The number of esters is 2. The monoisotopic (exact) mass is 893 g/mol. The van der Waals surface area contributed by atoms with Crippen LogP contribution in [0.2, 0.25) is 0 Å². The number of ketones is 1. The summed E-state index contributed by atoms with van der Waals surface area (Å²) in [6, 6.07) is 5.81. The van der Waals surface area contributed by atoms with Crippen LogP contribution in [0.3, 0.4) is 0 Å². The van der Waals surface area contributed by atoms with E-state index < -0.39 is 23.6 Å². The van der Waals surface area contributed by atoms with Crippen LogP contribution in [-0.2, 0) is 19.1 Å². The van der Waals surface area contributed by atoms with Crippen molar-refractivity contribution < 1.29 is 23.9 Å². The summed E-state index contributed by atoms with van der Waals surface area (Å²) < 4.78 is 10.9. The normalized spacial score (nSPS) is 16.3. The van der Waals surface area contributed by atoms with Crippen LogP contribution in [0.5, 0.6) is 0 Å². The number of methoxy groups -OCH3 is 1. The quantitative estimate of drug-likeness (QED) is 0.0289. The Labute approximate surface area is 402 Å². The van der Waals surface area contributed by atoms with Gasteiger partial charge in [0.15, 0.2) is 5.78 Å². The van der Waals surface area contributed by atoms with Crippen molar-refractivity contribution in [3.8, 4) is 0 Å². The van der Waals surface area contributed by atoms with E-state index in [2.05, 4.69) is 55.0 Å². The van der Waals surface area contributed by atoms with Crippen LogP contribution in [0.4, 0.5) is 0 Å². The number of carbonyl (C=O) groups is 3. The molecule has 4 atom stereocenters. The van der Waals surface area contributed by atoms with Crippen molar-refractivity contribution in [1.82, 2.24) is 19.9 Å². The number of rotatable bonds is 19. The predicted molar refractivity (Wildman–Crippen MR) is 267 cm³/mol. The standard InChI is InChI=1S/C55H69N4O5.Mg/c1-13-39-35(8)42-28-44-37(10)41(24-25-48(60)64-27-26-34(7)23-17-22-33(6)21-16-20-32(5)19-15-18-31(3)4)52(58-44)50-51(55(62)63-12)54(61)49-38(11)45(59-53(49)50)30-47-40(14-2)36(9)43(57-47)29-46(39)56-42;/h13,24-26,28-33,51H,1,14-23,27H2,2-12H3,(H-,56,57,58,59,60,61);/q-1;+2/p-1/b34-26+,42-28?,43-29?,44-28?,45-30?,46-29?,47-30?,52-50?;/t32?,33?,51-;/m1./s1/i3+1,19+1,21+1,23+1;/t31?,32?,33?,51-;. The topological polar surface area (TPSA) is 124 Å². The van der Waals surface area contributed by atoms with Gasteiger partial charge in [0.2, 0.25) is 0 Å². The zero-order valence-corrected chi connectivity index (χ0v) is 42.3. The van der Waals surface area contributed by atoms with E-state index in [0.29, 0.717) is 56.1 Å². The second-order valence-corrected chi connectivity index (χ2v) is 18.7. The largest absolute Gasteiger partial charge is 2.00 e. The third kappa shape index (κ3) is 11.4. The van der Waals surface area contributed by atoms with E-state index >= 15 is 0 Å². The Bertz CT molecular complexity index is 2620. The maximum atomic E-state index is 14.3. The molecule has 6 rings (SSSR count). The van der Waals surface area contributed by atoms with Crippen molar-refractivity contribution in [2.24, 2.45) is 17.8 Å². The van der Waals surface area contributed by atoms with Crippen LogP contribution in [0, 0.1) is 31.6 Å². The summed E-state index contributed by atoms with van der Waals surface area (Å²) in [4.78, 5) is 61.4. The van der Waals surface area contributed by atoms with Crippen LogP contribution in [0.15, 0.2) is 48.6 Å². The average Bonchev–Trinajstić information content (AvgIpc) is 3.99. The summed E-state index contributed by atoms with van der Waals surface area (Å²) in [5, 5.41) is 0. The maximum Gasteiger partial charge on any atom is 2.00 e. The second kappa shape index (κ2) is 22.6. The van der Waals surface area contributed by atoms with Crippen molar-refractivity contribution in [2.75, 3.05) is 13.7 Å². The molecule has 0 saturated carbocycles. The van der Waals surface area contributed by atoms with Crippen LogP contribution in [0.1, 0.15) is 181 Å². The van der Waals surface area contributed by atoms with Gasteiger partial charge in [-0.1, -0.05) is 127 Å². The molecule has 0 amide bonds. The van der Waals surface area contributed by atoms with Gasteiger partial charge in [0.05, 0.1) is 29.9 Å². The van der Waals surface area contributed by atoms with Crippen LogP contribution in [0.25, 0.3) is 50.4 Å². The minimum absolute atomic E-state index is 0. The summed E-state index contributed by atoms with van der Waals surface area (Å²) in [5.74, 6) is -0.610. The Morgan fingerprint density at radius 3 is 2.09 bits per heavy atom. The Morgan fingerprint density at radius 1 is 0.831 bits per heavy atom. The summed E-state index contributed by atoms with van der Waals surface area (Å²) in [5.41, 5.74) is 12.7. The van der Waals surface area contributed by atoms with Crippen molar-refractivity contribution in [1.29, 1.82) is 0 Å². The van der Waals surface area contributed by atoms with Gasteiger partial charge < -0.3 is 19.4 Å². The van der Waals surface area contributed by atoms with Gasteiger partial charge in [0.25, 0.3) is 0 Å². The molecule has 3 aliphatic rings. The van der Waals surface area contributed by atoms with E-state index in [1.807, 2.05) is 45.0 Å². The van der Waals surface area contributed by atoms with Gasteiger partial charge in [0.1, 0.15) is 12.5 Å². The van der Waals surface area contributed by atoms with E-state index in [9.17, 15) is 14.4 Å². The molecule has 340 valence electrons. The molecule has 8 bridgehead atoms. The number of ether oxygens (including phenoxy) is 2. The number of allylic oxidation sites excluding steroid dienone is 6. The van der Waals surface area contributed by atoms with Gasteiger partial charge in [-0.2, -0.15) is 0 Å². The van der Waals surface area contributed by atoms with Gasteiger partial charge in [-0.15, -0.1) is 22.1 Å². The molecule has 9 nitrogen and oxygen atoms in total. The van der Waals surface area contributed by atoms with Crippen molar-refractivity contribution in [2.45, 2.75) is 139 Å². The Morgan fingerprint density at radius 2 is 1.45 bits per heavy atom. The predicted octanol–water partition coefficient (Wildman–Crippen LogP) is 12.7. The van der Waals surface area contributed by atoms with E-state index in [-0.39, 0.29) is 29.7 Å². The van der Waals surface area contributed by atoms with Crippen LogP contribution >= 0.6 is 0 Å². The third-order valence-electron chi connectivity index (χ3n) is 13.5. The van der Waals surface area contributed by atoms with Gasteiger partial charge in [-0.3, -0.25) is 9.59 Å². The van der Waals surface area contributed by atoms with Crippen molar-refractivity contribution in [3.05, 3.63) is 99.2 Å². The molecule has 0 fully saturated rings. The van der Waals surface area contributed by atoms with Gasteiger partial charge in [0, 0.05) is 17.2 Å². The number of nitrogens with zero attached hydrogens (tertiary/aromatic N) is 4. The van der Waals surface area contributed by atoms with E-state index in [1.54, 1.807) is 12.2 Å². The number of aromatic nitrogens is 4. The van der Waals surface area contributed by atoms with Gasteiger partial charge in [-0.25, -0.2) is 14.8 Å².